The first-order valence-electron chi connectivity index (χ1n) is 7.50. The summed E-state index contributed by atoms with van der Waals surface area (Å²) < 4.78 is 40.1. The van der Waals surface area contributed by atoms with Gasteiger partial charge in [0.25, 0.3) is 0 Å². The van der Waals surface area contributed by atoms with Crippen LogP contribution in [0.2, 0.25) is 0 Å². The first kappa shape index (κ1) is 16.1. The van der Waals surface area contributed by atoms with Crippen molar-refractivity contribution in [3.63, 3.8) is 0 Å². The molecule has 122 valence electrons. The molecular weight excluding hydrogens is 301 g/mol. The van der Waals surface area contributed by atoms with Crippen LogP contribution >= 0.6 is 0 Å². The Morgan fingerprint density at radius 2 is 1.78 bits per heavy atom. The minimum atomic E-state index is -0.593. The van der Waals surface area contributed by atoms with Crippen molar-refractivity contribution in [1.29, 1.82) is 0 Å². The van der Waals surface area contributed by atoms with Crippen LogP contribution in [0.1, 0.15) is 33.3 Å². The average molecular weight is 320 g/mol. The van der Waals surface area contributed by atoms with Crippen LogP contribution in [-0.2, 0) is 15.9 Å². The van der Waals surface area contributed by atoms with Crippen molar-refractivity contribution in [2.45, 2.75) is 45.4 Å². The van der Waals surface area contributed by atoms with Gasteiger partial charge in [-0.15, -0.1) is 0 Å². The molecule has 0 bridgehead atoms. The Bertz CT molecular complexity index is 715. The molecule has 0 aliphatic carbocycles. The molecule has 4 nitrogen and oxygen atoms in total. The van der Waals surface area contributed by atoms with Gasteiger partial charge in [-0.2, -0.15) is 5.10 Å². The molecule has 0 unspecified atom stereocenters. The molecular formula is C16H19BF2N2O2. The minimum absolute atomic E-state index is 0.214. The molecule has 1 aromatic heterocycles. The zero-order chi connectivity index (χ0) is 16.8. The van der Waals surface area contributed by atoms with E-state index in [0.717, 1.165) is 11.5 Å². The van der Waals surface area contributed by atoms with Gasteiger partial charge in [-0.1, -0.05) is 6.07 Å². The quantitative estimate of drug-likeness (QED) is 0.816. The summed E-state index contributed by atoms with van der Waals surface area (Å²) in [7, 11) is -0.508. The highest BCUT2D eigenvalue weighted by atomic mass is 19.1. The molecule has 1 aliphatic rings. The Labute approximate surface area is 134 Å². The van der Waals surface area contributed by atoms with E-state index in [1.165, 1.54) is 12.1 Å². The summed E-state index contributed by atoms with van der Waals surface area (Å²) >= 11 is 0. The third-order valence-corrected chi connectivity index (χ3v) is 4.53. The first-order chi connectivity index (χ1) is 10.7. The van der Waals surface area contributed by atoms with E-state index in [-0.39, 0.29) is 6.54 Å². The number of halogens is 2. The van der Waals surface area contributed by atoms with Gasteiger partial charge in [0.2, 0.25) is 0 Å². The van der Waals surface area contributed by atoms with Crippen molar-refractivity contribution in [3.05, 3.63) is 47.8 Å². The predicted molar refractivity (Wildman–Crippen MR) is 83.4 cm³/mol. The predicted octanol–water partition coefficient (Wildman–Crippen LogP) is 2.51. The highest BCUT2D eigenvalue weighted by Crippen LogP contribution is 2.36. The van der Waals surface area contributed by atoms with Gasteiger partial charge in [-0.3, -0.25) is 4.68 Å². The number of rotatable bonds is 3. The van der Waals surface area contributed by atoms with Crippen LogP contribution in [0.5, 0.6) is 0 Å². The first-order valence-corrected chi connectivity index (χ1v) is 7.50. The molecule has 1 aromatic carbocycles. The van der Waals surface area contributed by atoms with Crippen LogP contribution < -0.4 is 5.46 Å². The molecule has 3 rings (SSSR count). The molecule has 7 heteroatoms. The van der Waals surface area contributed by atoms with Gasteiger partial charge in [-0.25, -0.2) is 8.78 Å². The van der Waals surface area contributed by atoms with Crippen LogP contribution in [-0.4, -0.2) is 28.1 Å². The molecule has 1 aliphatic heterocycles. The van der Waals surface area contributed by atoms with Crippen molar-refractivity contribution in [3.8, 4) is 0 Å². The lowest BCUT2D eigenvalue weighted by molar-refractivity contribution is 0.00578. The molecule has 0 N–H and O–H groups in total. The van der Waals surface area contributed by atoms with Gasteiger partial charge in [0.15, 0.2) is 0 Å². The molecule has 1 fully saturated rings. The highest BCUT2D eigenvalue weighted by Gasteiger charge is 2.52. The van der Waals surface area contributed by atoms with Crippen molar-refractivity contribution in [2.24, 2.45) is 0 Å². The lowest BCUT2D eigenvalue weighted by Crippen LogP contribution is -2.41. The zero-order valence-electron chi connectivity index (χ0n) is 13.6. The molecule has 23 heavy (non-hydrogen) atoms. The summed E-state index contributed by atoms with van der Waals surface area (Å²) in [6.07, 6.45) is 3.40. The van der Waals surface area contributed by atoms with E-state index in [2.05, 4.69) is 5.10 Å². The Balaban J connectivity index is 1.77. The smallest absolute Gasteiger partial charge is 0.399 e. The Morgan fingerprint density at radius 1 is 1.13 bits per heavy atom. The Hall–Kier alpha value is -1.73. The van der Waals surface area contributed by atoms with Gasteiger partial charge < -0.3 is 9.31 Å². The number of benzene rings is 1. The average Bonchev–Trinajstić information content (AvgIpc) is 2.96. The molecule has 0 atom stereocenters. The topological polar surface area (TPSA) is 36.3 Å². The molecule has 0 amide bonds. The van der Waals surface area contributed by atoms with E-state index >= 15 is 0 Å². The second kappa shape index (κ2) is 5.42. The second-order valence-electron chi connectivity index (χ2n) is 6.80. The largest absolute Gasteiger partial charge is 0.498 e. The normalized spacial score (nSPS) is 19.3. The lowest BCUT2D eigenvalue weighted by Gasteiger charge is -2.32. The third kappa shape index (κ3) is 3.03. The molecule has 0 spiro atoms. The summed E-state index contributed by atoms with van der Waals surface area (Å²) in [5.74, 6) is -1.18. The fourth-order valence-corrected chi connectivity index (χ4v) is 2.39. The van der Waals surface area contributed by atoms with Gasteiger partial charge in [-0.05, 0) is 33.8 Å². The Morgan fingerprint density at radius 3 is 2.39 bits per heavy atom. The summed E-state index contributed by atoms with van der Waals surface area (Å²) in [5, 5.41) is 4.21. The summed E-state index contributed by atoms with van der Waals surface area (Å²) in [5.41, 5.74) is 0.284. The van der Waals surface area contributed by atoms with Crippen LogP contribution in [0.25, 0.3) is 0 Å². The lowest BCUT2D eigenvalue weighted by atomic mass is 9.82. The Kier molecular flexibility index (Phi) is 3.81. The molecule has 0 radical (unpaired) electrons. The number of hydrogen-bond acceptors (Lipinski definition) is 3. The maximum Gasteiger partial charge on any atom is 0.498 e. The summed E-state index contributed by atoms with van der Waals surface area (Å²) in [6, 6.07) is 3.52. The van der Waals surface area contributed by atoms with Crippen molar-refractivity contribution >= 4 is 12.6 Å². The van der Waals surface area contributed by atoms with Crippen LogP contribution in [0.15, 0.2) is 30.6 Å². The zero-order valence-corrected chi connectivity index (χ0v) is 13.6. The molecule has 2 heterocycles. The summed E-state index contributed by atoms with van der Waals surface area (Å²) in [4.78, 5) is 0. The van der Waals surface area contributed by atoms with E-state index in [9.17, 15) is 8.78 Å². The van der Waals surface area contributed by atoms with E-state index in [4.69, 9.17) is 9.31 Å². The fourth-order valence-electron chi connectivity index (χ4n) is 2.39. The van der Waals surface area contributed by atoms with E-state index in [1.807, 2.05) is 27.7 Å². The maximum absolute atomic E-state index is 13.7. The van der Waals surface area contributed by atoms with E-state index in [1.54, 1.807) is 17.1 Å². The van der Waals surface area contributed by atoms with E-state index < -0.39 is 30.0 Å². The molecule has 1 saturated heterocycles. The van der Waals surface area contributed by atoms with Crippen molar-refractivity contribution in [2.75, 3.05) is 0 Å². The fraction of sp³-hybridized carbons (Fsp3) is 0.438. The van der Waals surface area contributed by atoms with Crippen LogP contribution in [0.4, 0.5) is 8.78 Å². The number of nitrogens with zero attached hydrogens (tertiary/aromatic N) is 2. The van der Waals surface area contributed by atoms with Gasteiger partial charge in [0.1, 0.15) is 11.6 Å². The highest BCUT2D eigenvalue weighted by molar-refractivity contribution is 6.61. The monoisotopic (exact) mass is 320 g/mol. The molecule has 0 saturated carbocycles. The van der Waals surface area contributed by atoms with Crippen LogP contribution in [0.3, 0.4) is 0 Å². The SMILES string of the molecule is CC1(C)OB(c2cnn(Cc3ccc(F)cc3F)c2)OC1(C)C. The second-order valence-corrected chi connectivity index (χ2v) is 6.80. The minimum Gasteiger partial charge on any atom is -0.399 e. The van der Waals surface area contributed by atoms with Crippen LogP contribution in [0, 0.1) is 11.6 Å². The van der Waals surface area contributed by atoms with Gasteiger partial charge >= 0.3 is 7.12 Å². The number of aromatic nitrogens is 2. The maximum atomic E-state index is 13.7. The van der Waals surface area contributed by atoms with Crippen molar-refractivity contribution in [1.82, 2.24) is 9.78 Å². The van der Waals surface area contributed by atoms with E-state index in [0.29, 0.717) is 5.56 Å². The summed E-state index contributed by atoms with van der Waals surface area (Å²) in [6.45, 7) is 8.12. The molecule has 2 aromatic rings. The van der Waals surface area contributed by atoms with Crippen molar-refractivity contribution < 1.29 is 18.1 Å². The third-order valence-electron chi connectivity index (χ3n) is 4.53. The number of hydrogen-bond donors (Lipinski definition) is 0. The van der Waals surface area contributed by atoms with Gasteiger partial charge in [0.05, 0.1) is 17.7 Å². The van der Waals surface area contributed by atoms with Gasteiger partial charge in [0, 0.05) is 29.5 Å². The standard InChI is InChI=1S/C16H19BF2N2O2/c1-15(2)16(3,4)23-17(22-15)12-8-20-21(10-12)9-11-5-6-13(18)7-14(11)19/h5-8,10H,9H2,1-4H3.